The first-order chi connectivity index (χ1) is 15.3. The predicted octanol–water partition coefficient (Wildman–Crippen LogP) is 1.89. The molecular formula is C21H29ClFN5O4. The summed E-state index contributed by atoms with van der Waals surface area (Å²) in [4.78, 5) is 33.2. The molecule has 4 rings (SSSR count). The van der Waals surface area contributed by atoms with Crippen molar-refractivity contribution in [3.05, 3.63) is 16.8 Å². The lowest BCUT2D eigenvalue weighted by Gasteiger charge is -2.47. The SMILES string of the molecule is O=CN(O)C[C@@H](CC1CCCC1)C(=O)NCc1nc(Cl)nc(N2CC(O)(C3CC3)C2)c1F. The van der Waals surface area contributed by atoms with Crippen LogP contribution in [0.2, 0.25) is 5.28 Å². The molecule has 1 atom stereocenters. The summed E-state index contributed by atoms with van der Waals surface area (Å²) in [7, 11) is 0. The number of hydroxylamine groups is 2. The maximum atomic E-state index is 15.1. The number of hydrogen-bond donors (Lipinski definition) is 3. The zero-order valence-electron chi connectivity index (χ0n) is 17.8. The molecule has 1 aromatic rings. The molecular weight excluding hydrogens is 441 g/mol. The van der Waals surface area contributed by atoms with Gasteiger partial charge in [-0.05, 0) is 42.7 Å². The van der Waals surface area contributed by atoms with Gasteiger partial charge in [-0.15, -0.1) is 0 Å². The number of carbonyl (C=O) groups excluding carboxylic acids is 2. The summed E-state index contributed by atoms with van der Waals surface area (Å²) in [5.41, 5.74) is -0.855. The molecule has 3 fully saturated rings. The number of aromatic nitrogens is 2. The van der Waals surface area contributed by atoms with Gasteiger partial charge in [-0.1, -0.05) is 25.7 Å². The lowest BCUT2D eigenvalue weighted by molar-refractivity contribution is -0.155. The fourth-order valence-corrected chi connectivity index (χ4v) is 5.10. The zero-order chi connectivity index (χ0) is 22.9. The van der Waals surface area contributed by atoms with Gasteiger partial charge in [0.1, 0.15) is 11.3 Å². The Hall–Kier alpha value is -2.04. The van der Waals surface area contributed by atoms with Crippen LogP contribution >= 0.6 is 11.6 Å². The summed E-state index contributed by atoms with van der Waals surface area (Å²) < 4.78 is 15.1. The molecule has 0 unspecified atom stereocenters. The van der Waals surface area contributed by atoms with Gasteiger partial charge in [0, 0.05) is 0 Å². The van der Waals surface area contributed by atoms with E-state index in [-0.39, 0.29) is 61.2 Å². The zero-order valence-corrected chi connectivity index (χ0v) is 18.6. The van der Waals surface area contributed by atoms with Crippen LogP contribution in [0.1, 0.15) is 50.6 Å². The Morgan fingerprint density at radius 1 is 1.31 bits per heavy atom. The molecule has 2 saturated carbocycles. The maximum Gasteiger partial charge on any atom is 0.233 e. The van der Waals surface area contributed by atoms with Crippen LogP contribution in [-0.2, 0) is 16.1 Å². The average molecular weight is 470 g/mol. The van der Waals surface area contributed by atoms with Crippen LogP contribution in [0.5, 0.6) is 0 Å². The topological polar surface area (TPSA) is 119 Å². The molecule has 1 saturated heterocycles. The van der Waals surface area contributed by atoms with Crippen molar-refractivity contribution in [3.63, 3.8) is 0 Å². The van der Waals surface area contributed by atoms with Crippen molar-refractivity contribution in [2.75, 3.05) is 24.5 Å². The monoisotopic (exact) mass is 469 g/mol. The lowest BCUT2D eigenvalue weighted by Crippen LogP contribution is -2.63. The van der Waals surface area contributed by atoms with Gasteiger partial charge in [0.05, 0.1) is 32.1 Å². The summed E-state index contributed by atoms with van der Waals surface area (Å²) >= 11 is 6.00. The molecule has 1 aromatic heterocycles. The highest BCUT2D eigenvalue weighted by atomic mass is 35.5. The number of anilines is 1. The van der Waals surface area contributed by atoms with Gasteiger partial charge in [0.25, 0.3) is 0 Å². The Morgan fingerprint density at radius 3 is 2.62 bits per heavy atom. The standard InChI is InChI=1S/C21H29ClFN5O4/c22-20-25-16(17(23)18(26-20)27-10-21(31,11-27)15-5-6-15)8-24-19(30)14(9-28(32)12-29)7-13-3-1-2-4-13/h12-15,31-32H,1-11H2,(H,24,30)/t14-/m1/s1. The number of β-amino-alcohol motifs (C(OH)–C–C–N with tert-alkyl or cyclic N) is 1. The Morgan fingerprint density at radius 2 is 2.00 bits per heavy atom. The van der Waals surface area contributed by atoms with Crippen LogP contribution in [0.4, 0.5) is 10.2 Å². The van der Waals surface area contributed by atoms with E-state index in [2.05, 4.69) is 15.3 Å². The molecule has 9 nitrogen and oxygen atoms in total. The number of nitrogens with zero attached hydrogens (tertiary/aromatic N) is 4. The van der Waals surface area contributed by atoms with Crippen molar-refractivity contribution in [2.24, 2.45) is 17.8 Å². The summed E-state index contributed by atoms with van der Waals surface area (Å²) in [5, 5.41) is 23.1. The van der Waals surface area contributed by atoms with Gasteiger partial charge in [0.2, 0.25) is 17.6 Å². The van der Waals surface area contributed by atoms with E-state index in [0.717, 1.165) is 38.5 Å². The third kappa shape index (κ3) is 5.13. The third-order valence-corrected chi connectivity index (χ3v) is 7.03. The van der Waals surface area contributed by atoms with E-state index in [1.807, 2.05) is 0 Å². The molecule has 3 aliphatic rings. The lowest BCUT2D eigenvalue weighted by atomic mass is 9.89. The first kappa shape index (κ1) is 23.1. The first-order valence-electron chi connectivity index (χ1n) is 11.2. The summed E-state index contributed by atoms with van der Waals surface area (Å²) in [6, 6.07) is 0. The Labute approximate surface area is 190 Å². The Bertz CT molecular complexity index is 859. The number of halogens is 2. The molecule has 11 heteroatoms. The van der Waals surface area contributed by atoms with Crippen LogP contribution in [0, 0.1) is 23.6 Å². The van der Waals surface area contributed by atoms with Gasteiger partial charge in [-0.3, -0.25) is 14.8 Å². The van der Waals surface area contributed by atoms with Crippen molar-refractivity contribution >= 4 is 29.7 Å². The van der Waals surface area contributed by atoms with Crippen LogP contribution in [0.3, 0.4) is 0 Å². The quantitative estimate of drug-likeness (QED) is 0.207. The summed E-state index contributed by atoms with van der Waals surface area (Å²) in [6.07, 6.45) is 7.00. The van der Waals surface area contributed by atoms with E-state index in [4.69, 9.17) is 11.6 Å². The molecule has 2 amide bonds. The Kier molecular flexibility index (Phi) is 6.83. The number of nitrogens with one attached hydrogen (secondary N) is 1. The van der Waals surface area contributed by atoms with Crippen LogP contribution in [0.15, 0.2) is 0 Å². The molecule has 0 spiro atoms. The van der Waals surface area contributed by atoms with Gasteiger partial charge in [-0.2, -0.15) is 4.98 Å². The minimum atomic E-state index is -0.805. The number of amides is 2. The highest BCUT2D eigenvalue weighted by Crippen LogP contribution is 2.45. The fraction of sp³-hybridized carbons (Fsp3) is 0.714. The van der Waals surface area contributed by atoms with E-state index in [0.29, 0.717) is 17.4 Å². The van der Waals surface area contributed by atoms with E-state index >= 15 is 4.39 Å². The molecule has 3 N–H and O–H groups in total. The molecule has 2 aliphatic carbocycles. The second kappa shape index (κ2) is 9.44. The fourth-order valence-electron chi connectivity index (χ4n) is 4.92. The maximum absolute atomic E-state index is 15.1. The third-order valence-electron chi connectivity index (χ3n) is 6.86. The molecule has 0 radical (unpaired) electrons. The summed E-state index contributed by atoms with van der Waals surface area (Å²) in [5.74, 6) is -1.05. The number of hydrogen-bond acceptors (Lipinski definition) is 7. The average Bonchev–Trinajstić information content (AvgIpc) is 3.48. The molecule has 2 heterocycles. The first-order valence-corrected chi connectivity index (χ1v) is 11.5. The highest BCUT2D eigenvalue weighted by molar-refractivity contribution is 6.28. The molecule has 0 aromatic carbocycles. The number of aliphatic hydroxyl groups is 1. The second-order valence-electron chi connectivity index (χ2n) is 9.34. The van der Waals surface area contributed by atoms with Gasteiger partial charge >= 0.3 is 0 Å². The second-order valence-corrected chi connectivity index (χ2v) is 9.68. The normalized spacial score (nSPS) is 21.2. The minimum absolute atomic E-state index is 0.0181. The smallest absolute Gasteiger partial charge is 0.233 e. The van der Waals surface area contributed by atoms with E-state index in [1.165, 1.54) is 0 Å². The van der Waals surface area contributed by atoms with E-state index < -0.39 is 17.3 Å². The minimum Gasteiger partial charge on any atom is -0.386 e. The van der Waals surface area contributed by atoms with Crippen molar-refractivity contribution in [1.29, 1.82) is 0 Å². The van der Waals surface area contributed by atoms with Crippen molar-refractivity contribution in [2.45, 2.75) is 57.1 Å². The molecule has 1 aliphatic heterocycles. The molecule has 176 valence electrons. The van der Waals surface area contributed by atoms with Crippen LogP contribution in [0.25, 0.3) is 0 Å². The summed E-state index contributed by atoms with van der Waals surface area (Å²) in [6.45, 7) is 0.246. The van der Waals surface area contributed by atoms with E-state index in [9.17, 15) is 19.9 Å². The predicted molar refractivity (Wildman–Crippen MR) is 113 cm³/mol. The largest absolute Gasteiger partial charge is 0.386 e. The van der Waals surface area contributed by atoms with Crippen molar-refractivity contribution in [3.8, 4) is 0 Å². The van der Waals surface area contributed by atoms with Crippen molar-refractivity contribution < 1.29 is 24.3 Å². The number of rotatable bonds is 10. The van der Waals surface area contributed by atoms with Gasteiger partial charge in [0.15, 0.2) is 11.6 Å². The Balaban J connectivity index is 1.40. The van der Waals surface area contributed by atoms with Gasteiger partial charge < -0.3 is 15.3 Å². The molecule has 32 heavy (non-hydrogen) atoms. The highest BCUT2D eigenvalue weighted by Gasteiger charge is 2.53. The number of carbonyl (C=O) groups is 2. The van der Waals surface area contributed by atoms with E-state index in [1.54, 1.807) is 4.90 Å². The van der Waals surface area contributed by atoms with Crippen LogP contribution in [-0.4, -0.2) is 62.9 Å². The molecule has 0 bridgehead atoms. The van der Waals surface area contributed by atoms with Crippen molar-refractivity contribution in [1.82, 2.24) is 20.3 Å². The van der Waals surface area contributed by atoms with Crippen LogP contribution < -0.4 is 10.2 Å². The van der Waals surface area contributed by atoms with Gasteiger partial charge in [-0.25, -0.2) is 14.4 Å².